The first-order valence-corrected chi connectivity index (χ1v) is 10.2. The van der Waals surface area contributed by atoms with E-state index in [4.69, 9.17) is 4.74 Å². The SMILES string of the molecule is O=C(N1CCOCC1)N(Cc1ccc(-c2nnc(C(F)(F)F)o2)cc1)c1cccc(C(F)(F)F)n1. The Morgan fingerprint density at radius 3 is 2.23 bits per heavy atom. The highest BCUT2D eigenvalue weighted by molar-refractivity contribution is 5.91. The first kappa shape index (κ1) is 24.4. The molecule has 1 aromatic carbocycles. The number of benzene rings is 1. The smallest absolute Gasteiger partial charge is 0.413 e. The molecule has 186 valence electrons. The number of urea groups is 1. The minimum absolute atomic E-state index is 0.150. The summed E-state index contributed by atoms with van der Waals surface area (Å²) in [7, 11) is 0. The maximum Gasteiger partial charge on any atom is 0.470 e. The van der Waals surface area contributed by atoms with Crippen LogP contribution >= 0.6 is 0 Å². The Hall–Kier alpha value is -3.68. The molecule has 3 heterocycles. The summed E-state index contributed by atoms with van der Waals surface area (Å²) in [6.45, 7) is 0.934. The van der Waals surface area contributed by atoms with Crippen LogP contribution in [0.3, 0.4) is 0 Å². The maximum absolute atomic E-state index is 13.2. The van der Waals surface area contributed by atoms with E-state index >= 15 is 0 Å². The van der Waals surface area contributed by atoms with Gasteiger partial charge in [-0.15, -0.1) is 10.2 Å². The molecule has 0 radical (unpaired) electrons. The van der Waals surface area contributed by atoms with Crippen LogP contribution in [0.4, 0.5) is 37.0 Å². The largest absolute Gasteiger partial charge is 0.470 e. The molecular formula is C21H17F6N5O3. The molecule has 0 saturated carbocycles. The van der Waals surface area contributed by atoms with Gasteiger partial charge in [-0.25, -0.2) is 9.78 Å². The standard InChI is InChI=1S/C21H17F6N5O3/c22-20(23,24)15-2-1-3-16(28-15)32(19(33)31-8-10-34-11-9-31)12-13-4-6-14(7-5-13)17-29-30-18(35-17)21(25,26)27/h1-7H,8-12H2. The summed E-state index contributed by atoms with van der Waals surface area (Å²) >= 11 is 0. The van der Waals surface area contributed by atoms with Gasteiger partial charge in [0.2, 0.25) is 5.89 Å². The molecule has 0 unspecified atom stereocenters. The van der Waals surface area contributed by atoms with E-state index in [2.05, 4.69) is 19.6 Å². The zero-order chi connectivity index (χ0) is 25.2. The first-order chi connectivity index (χ1) is 16.5. The van der Waals surface area contributed by atoms with Crippen molar-refractivity contribution in [3.05, 3.63) is 59.6 Å². The van der Waals surface area contributed by atoms with Gasteiger partial charge >= 0.3 is 24.3 Å². The number of carbonyl (C=O) groups is 1. The number of rotatable bonds is 4. The van der Waals surface area contributed by atoms with Crippen molar-refractivity contribution in [3.8, 4) is 11.5 Å². The van der Waals surface area contributed by atoms with Crippen LogP contribution in [0.15, 0.2) is 46.9 Å². The number of nitrogens with zero attached hydrogens (tertiary/aromatic N) is 5. The van der Waals surface area contributed by atoms with Crippen molar-refractivity contribution in [2.75, 3.05) is 31.2 Å². The number of pyridine rings is 1. The molecule has 0 N–H and O–H groups in total. The van der Waals surface area contributed by atoms with Crippen LogP contribution in [0.5, 0.6) is 0 Å². The summed E-state index contributed by atoms with van der Waals surface area (Å²) in [6.07, 6.45) is -9.49. The summed E-state index contributed by atoms with van der Waals surface area (Å²) in [5.41, 5.74) is -0.480. The quantitative estimate of drug-likeness (QED) is 0.485. The highest BCUT2D eigenvalue weighted by atomic mass is 19.4. The van der Waals surface area contributed by atoms with E-state index in [1.807, 2.05) is 0 Å². The second-order valence-corrected chi connectivity index (χ2v) is 7.45. The molecule has 4 rings (SSSR count). The van der Waals surface area contributed by atoms with E-state index in [0.717, 1.165) is 17.0 Å². The Morgan fingerprint density at radius 2 is 1.63 bits per heavy atom. The van der Waals surface area contributed by atoms with Crippen LogP contribution in [0.25, 0.3) is 11.5 Å². The molecule has 1 aliphatic rings. The molecule has 0 atom stereocenters. The molecule has 0 spiro atoms. The average molecular weight is 501 g/mol. The fraction of sp³-hybridized carbons (Fsp3) is 0.333. The van der Waals surface area contributed by atoms with Crippen LogP contribution < -0.4 is 4.90 Å². The van der Waals surface area contributed by atoms with Crippen LogP contribution in [-0.4, -0.2) is 52.4 Å². The monoisotopic (exact) mass is 501 g/mol. The molecule has 2 amide bonds. The number of halogens is 6. The van der Waals surface area contributed by atoms with Crippen molar-refractivity contribution in [2.45, 2.75) is 18.9 Å². The van der Waals surface area contributed by atoms with Crippen molar-refractivity contribution >= 4 is 11.8 Å². The van der Waals surface area contributed by atoms with Gasteiger partial charge in [-0.2, -0.15) is 26.3 Å². The van der Waals surface area contributed by atoms with Crippen molar-refractivity contribution in [3.63, 3.8) is 0 Å². The van der Waals surface area contributed by atoms with Crippen molar-refractivity contribution in [1.82, 2.24) is 20.1 Å². The van der Waals surface area contributed by atoms with E-state index in [-0.39, 0.29) is 50.1 Å². The number of amides is 2. The predicted molar refractivity (Wildman–Crippen MR) is 108 cm³/mol. The normalized spacial score (nSPS) is 14.7. The molecule has 3 aromatic rings. The van der Waals surface area contributed by atoms with E-state index in [1.165, 1.54) is 35.2 Å². The molecule has 0 aliphatic carbocycles. The number of morpholine rings is 1. The van der Waals surface area contributed by atoms with E-state index in [1.54, 1.807) is 0 Å². The van der Waals surface area contributed by atoms with E-state index in [9.17, 15) is 31.1 Å². The lowest BCUT2D eigenvalue weighted by atomic mass is 10.1. The molecule has 2 aromatic heterocycles. The van der Waals surface area contributed by atoms with E-state index < -0.39 is 30.0 Å². The molecular weight excluding hydrogens is 484 g/mol. The second-order valence-electron chi connectivity index (χ2n) is 7.45. The van der Waals surface area contributed by atoms with Crippen LogP contribution in [0.2, 0.25) is 0 Å². The lowest BCUT2D eigenvalue weighted by molar-refractivity contribution is -0.157. The third-order valence-electron chi connectivity index (χ3n) is 5.02. The van der Waals surface area contributed by atoms with Gasteiger partial charge in [0.05, 0.1) is 19.8 Å². The lowest BCUT2D eigenvalue weighted by Crippen LogP contribution is -2.48. The Kier molecular flexibility index (Phi) is 6.65. The van der Waals surface area contributed by atoms with E-state index in [0.29, 0.717) is 5.56 Å². The predicted octanol–water partition coefficient (Wildman–Crippen LogP) is 4.63. The zero-order valence-corrected chi connectivity index (χ0v) is 17.8. The number of anilines is 1. The summed E-state index contributed by atoms with van der Waals surface area (Å²) in [5.74, 6) is -2.05. The number of hydrogen-bond acceptors (Lipinski definition) is 6. The van der Waals surface area contributed by atoms with Gasteiger partial charge in [0, 0.05) is 18.7 Å². The third kappa shape index (κ3) is 5.70. The molecule has 35 heavy (non-hydrogen) atoms. The van der Waals surface area contributed by atoms with Gasteiger partial charge in [-0.3, -0.25) is 4.90 Å². The minimum Gasteiger partial charge on any atom is -0.413 e. The number of hydrogen-bond donors (Lipinski definition) is 0. The Morgan fingerprint density at radius 1 is 0.943 bits per heavy atom. The molecule has 0 bridgehead atoms. The fourth-order valence-electron chi connectivity index (χ4n) is 3.29. The van der Waals surface area contributed by atoms with Crippen molar-refractivity contribution in [2.24, 2.45) is 0 Å². The first-order valence-electron chi connectivity index (χ1n) is 10.2. The topological polar surface area (TPSA) is 84.6 Å². The van der Waals surface area contributed by atoms with Gasteiger partial charge < -0.3 is 14.1 Å². The van der Waals surface area contributed by atoms with Gasteiger partial charge in [0.1, 0.15) is 11.5 Å². The van der Waals surface area contributed by atoms with Gasteiger partial charge in [0.25, 0.3) is 0 Å². The molecule has 1 aliphatic heterocycles. The number of ether oxygens (including phenoxy) is 1. The summed E-state index contributed by atoms with van der Waals surface area (Å²) in [6, 6.07) is 8.46. The van der Waals surface area contributed by atoms with Crippen LogP contribution in [0.1, 0.15) is 17.1 Å². The van der Waals surface area contributed by atoms with Crippen LogP contribution in [-0.2, 0) is 23.6 Å². The zero-order valence-electron chi connectivity index (χ0n) is 17.8. The van der Waals surface area contributed by atoms with Crippen molar-refractivity contribution < 1.29 is 40.3 Å². The Labute approximate surface area is 194 Å². The minimum atomic E-state index is -4.79. The molecule has 8 nitrogen and oxygen atoms in total. The number of aromatic nitrogens is 3. The lowest BCUT2D eigenvalue weighted by Gasteiger charge is -2.32. The van der Waals surface area contributed by atoms with Gasteiger partial charge in [-0.1, -0.05) is 18.2 Å². The average Bonchev–Trinajstić information content (AvgIpc) is 3.34. The number of alkyl halides is 6. The summed E-state index contributed by atoms with van der Waals surface area (Å²) < 4.78 is 87.6. The summed E-state index contributed by atoms with van der Waals surface area (Å²) in [5, 5.41) is 6.34. The third-order valence-corrected chi connectivity index (χ3v) is 5.02. The highest BCUT2D eigenvalue weighted by Gasteiger charge is 2.38. The molecule has 1 fully saturated rings. The van der Waals surface area contributed by atoms with Gasteiger partial charge in [-0.05, 0) is 29.8 Å². The summed E-state index contributed by atoms with van der Waals surface area (Å²) in [4.78, 5) is 19.4. The fourth-order valence-corrected chi connectivity index (χ4v) is 3.29. The van der Waals surface area contributed by atoms with Gasteiger partial charge in [0.15, 0.2) is 0 Å². The second kappa shape index (κ2) is 9.52. The van der Waals surface area contributed by atoms with Crippen molar-refractivity contribution in [1.29, 1.82) is 0 Å². The Bertz CT molecular complexity index is 1170. The highest BCUT2D eigenvalue weighted by Crippen LogP contribution is 2.31. The van der Waals surface area contributed by atoms with Crippen LogP contribution in [0, 0.1) is 0 Å². The maximum atomic E-state index is 13.2. The molecule has 14 heteroatoms. The Balaban J connectivity index is 1.61. The molecule has 1 saturated heterocycles. The number of carbonyl (C=O) groups excluding carboxylic acids is 1.